The molecule has 0 atom stereocenters. The molecule has 0 aliphatic heterocycles. The third-order valence-corrected chi connectivity index (χ3v) is 4.11. The van der Waals surface area contributed by atoms with E-state index in [1.54, 1.807) is 43.4 Å². The van der Waals surface area contributed by atoms with E-state index in [0.29, 0.717) is 44.7 Å². The molecule has 4 rings (SSSR count). The first-order valence-electron chi connectivity index (χ1n) is 7.34. The highest BCUT2D eigenvalue weighted by atomic mass is 35.5. The fraction of sp³-hybridized carbons (Fsp3) is 0.118. The fourth-order valence-electron chi connectivity index (χ4n) is 2.56. The van der Waals surface area contributed by atoms with Crippen molar-refractivity contribution in [3.8, 4) is 28.6 Å². The van der Waals surface area contributed by atoms with Crippen molar-refractivity contribution in [2.24, 2.45) is 7.05 Å². The molecule has 8 heteroatoms. The van der Waals surface area contributed by atoms with Gasteiger partial charge in [-0.3, -0.25) is 4.57 Å². The van der Waals surface area contributed by atoms with E-state index in [9.17, 15) is 4.79 Å². The number of methoxy groups -OCH3 is 1. The number of aryl methyl sites for hydroxylation is 1. The highest BCUT2D eigenvalue weighted by Gasteiger charge is 2.16. The van der Waals surface area contributed by atoms with Crippen molar-refractivity contribution in [2.75, 3.05) is 7.11 Å². The zero-order chi connectivity index (χ0) is 17.6. The van der Waals surface area contributed by atoms with Crippen molar-refractivity contribution in [1.82, 2.24) is 14.7 Å². The molecule has 2 aromatic heterocycles. The highest BCUT2D eigenvalue weighted by Crippen LogP contribution is 2.32. The van der Waals surface area contributed by atoms with Crippen LogP contribution in [-0.4, -0.2) is 21.8 Å². The maximum absolute atomic E-state index is 11.6. The van der Waals surface area contributed by atoms with Crippen LogP contribution in [0.4, 0.5) is 0 Å². The molecule has 0 aliphatic carbocycles. The van der Waals surface area contributed by atoms with Crippen LogP contribution in [-0.2, 0) is 7.05 Å². The van der Waals surface area contributed by atoms with Gasteiger partial charge in [0.15, 0.2) is 5.58 Å². The van der Waals surface area contributed by atoms with Gasteiger partial charge in [0, 0.05) is 17.6 Å². The largest absolute Gasteiger partial charge is 0.496 e. The smallest absolute Gasteiger partial charge is 0.419 e. The molecular formula is C17H12ClN3O4. The Morgan fingerprint density at radius 2 is 2.04 bits per heavy atom. The summed E-state index contributed by atoms with van der Waals surface area (Å²) in [5.74, 6) is 0.789. The van der Waals surface area contributed by atoms with E-state index in [1.165, 1.54) is 11.7 Å². The van der Waals surface area contributed by atoms with E-state index in [2.05, 4.69) is 10.1 Å². The van der Waals surface area contributed by atoms with Crippen LogP contribution in [0.25, 0.3) is 33.9 Å². The number of benzene rings is 2. The first kappa shape index (κ1) is 15.5. The summed E-state index contributed by atoms with van der Waals surface area (Å²) in [5.41, 5.74) is 2.46. The Hall–Kier alpha value is -3.06. The average molecular weight is 358 g/mol. The summed E-state index contributed by atoms with van der Waals surface area (Å²) in [5, 5.41) is 4.54. The van der Waals surface area contributed by atoms with Gasteiger partial charge in [-0.2, -0.15) is 4.98 Å². The SMILES string of the molecule is COc1cc(Cl)ccc1-c1nc(-c2ccc3c(c2)oc(=O)n3C)no1. The minimum Gasteiger partial charge on any atom is -0.496 e. The Morgan fingerprint density at radius 3 is 2.84 bits per heavy atom. The number of hydrogen-bond acceptors (Lipinski definition) is 6. The van der Waals surface area contributed by atoms with Crippen molar-refractivity contribution in [3.63, 3.8) is 0 Å². The lowest BCUT2D eigenvalue weighted by Crippen LogP contribution is -2.08. The van der Waals surface area contributed by atoms with Gasteiger partial charge in [-0.25, -0.2) is 4.79 Å². The summed E-state index contributed by atoms with van der Waals surface area (Å²) < 4.78 is 17.3. The van der Waals surface area contributed by atoms with Gasteiger partial charge in [0.05, 0.1) is 18.2 Å². The van der Waals surface area contributed by atoms with Gasteiger partial charge >= 0.3 is 5.76 Å². The normalized spacial score (nSPS) is 11.2. The molecule has 0 aliphatic rings. The van der Waals surface area contributed by atoms with Crippen LogP contribution in [0, 0.1) is 0 Å². The predicted molar refractivity (Wildman–Crippen MR) is 91.7 cm³/mol. The summed E-state index contributed by atoms with van der Waals surface area (Å²) >= 11 is 5.97. The fourth-order valence-corrected chi connectivity index (χ4v) is 2.73. The van der Waals surface area contributed by atoms with Crippen molar-refractivity contribution < 1.29 is 13.7 Å². The average Bonchev–Trinajstić information content (AvgIpc) is 3.20. The van der Waals surface area contributed by atoms with Crippen LogP contribution in [0.1, 0.15) is 0 Å². The molecule has 126 valence electrons. The standard InChI is InChI=1S/C17H12ClN3O4/c1-21-12-6-3-9(7-14(12)24-17(21)22)15-19-16(25-20-15)11-5-4-10(18)8-13(11)23-2/h3-8H,1-2H3. The zero-order valence-electron chi connectivity index (χ0n) is 13.3. The second-order valence-corrected chi connectivity index (χ2v) is 5.81. The Labute approximate surface area is 146 Å². The number of hydrogen-bond donors (Lipinski definition) is 0. The minimum atomic E-state index is -0.424. The molecular weight excluding hydrogens is 346 g/mol. The van der Waals surface area contributed by atoms with E-state index in [1.807, 2.05) is 0 Å². The van der Waals surface area contributed by atoms with Crippen LogP contribution in [0.2, 0.25) is 5.02 Å². The van der Waals surface area contributed by atoms with E-state index in [0.717, 1.165) is 0 Å². The lowest BCUT2D eigenvalue weighted by Gasteiger charge is -2.04. The summed E-state index contributed by atoms with van der Waals surface area (Å²) in [6, 6.07) is 10.4. The molecule has 25 heavy (non-hydrogen) atoms. The molecule has 0 saturated carbocycles. The molecule has 4 aromatic rings. The molecule has 0 radical (unpaired) electrons. The lowest BCUT2D eigenvalue weighted by molar-refractivity contribution is 0.405. The molecule has 2 heterocycles. The number of nitrogens with zero attached hydrogens (tertiary/aromatic N) is 3. The van der Waals surface area contributed by atoms with Crippen molar-refractivity contribution in [3.05, 3.63) is 52.0 Å². The number of fused-ring (bicyclic) bond motifs is 1. The molecule has 0 amide bonds. The molecule has 0 unspecified atom stereocenters. The quantitative estimate of drug-likeness (QED) is 0.558. The van der Waals surface area contributed by atoms with Gasteiger partial charge in [-0.15, -0.1) is 0 Å². The van der Waals surface area contributed by atoms with E-state index in [-0.39, 0.29) is 0 Å². The first-order chi connectivity index (χ1) is 12.1. The third-order valence-electron chi connectivity index (χ3n) is 3.87. The Kier molecular flexibility index (Phi) is 3.58. The lowest BCUT2D eigenvalue weighted by atomic mass is 10.2. The Morgan fingerprint density at radius 1 is 1.20 bits per heavy atom. The van der Waals surface area contributed by atoms with Crippen molar-refractivity contribution in [2.45, 2.75) is 0 Å². The molecule has 2 aromatic carbocycles. The van der Waals surface area contributed by atoms with Crippen molar-refractivity contribution in [1.29, 1.82) is 0 Å². The maximum atomic E-state index is 11.6. The Bertz CT molecular complexity index is 1140. The third kappa shape index (κ3) is 2.58. The Balaban J connectivity index is 1.78. The number of rotatable bonds is 3. The van der Waals surface area contributed by atoms with Gasteiger partial charge in [0.25, 0.3) is 5.89 Å². The first-order valence-corrected chi connectivity index (χ1v) is 7.72. The summed E-state index contributed by atoms with van der Waals surface area (Å²) in [6.45, 7) is 0. The molecule has 7 nitrogen and oxygen atoms in total. The summed E-state index contributed by atoms with van der Waals surface area (Å²) in [7, 11) is 3.19. The molecule has 0 N–H and O–H groups in total. The van der Waals surface area contributed by atoms with E-state index >= 15 is 0 Å². The predicted octanol–water partition coefficient (Wildman–Crippen LogP) is 3.51. The monoisotopic (exact) mass is 357 g/mol. The summed E-state index contributed by atoms with van der Waals surface area (Å²) in [4.78, 5) is 16.0. The molecule has 0 spiro atoms. The van der Waals surface area contributed by atoms with Crippen LogP contribution in [0.3, 0.4) is 0 Å². The van der Waals surface area contributed by atoms with Gasteiger partial charge < -0.3 is 13.7 Å². The van der Waals surface area contributed by atoms with Crippen molar-refractivity contribution >= 4 is 22.7 Å². The number of aromatic nitrogens is 3. The number of oxazole rings is 1. The molecule has 0 saturated heterocycles. The topological polar surface area (TPSA) is 83.3 Å². The van der Waals surface area contributed by atoms with Gasteiger partial charge in [0.1, 0.15) is 5.75 Å². The van der Waals surface area contributed by atoms with E-state index in [4.69, 9.17) is 25.3 Å². The maximum Gasteiger partial charge on any atom is 0.419 e. The van der Waals surface area contributed by atoms with Gasteiger partial charge in [-0.05, 0) is 36.4 Å². The second-order valence-electron chi connectivity index (χ2n) is 5.38. The highest BCUT2D eigenvalue weighted by molar-refractivity contribution is 6.30. The van der Waals surface area contributed by atoms with Crippen LogP contribution < -0.4 is 10.5 Å². The summed E-state index contributed by atoms with van der Waals surface area (Å²) in [6.07, 6.45) is 0. The molecule has 0 bridgehead atoms. The number of halogens is 1. The van der Waals surface area contributed by atoms with Gasteiger partial charge in [0.2, 0.25) is 5.82 Å². The van der Waals surface area contributed by atoms with Crippen LogP contribution >= 0.6 is 11.6 Å². The second kappa shape index (κ2) is 5.78. The van der Waals surface area contributed by atoms with Gasteiger partial charge in [-0.1, -0.05) is 16.8 Å². The minimum absolute atomic E-state index is 0.304. The number of ether oxygens (including phenoxy) is 1. The van der Waals surface area contributed by atoms with Crippen LogP contribution in [0.15, 0.2) is 50.1 Å². The van der Waals surface area contributed by atoms with E-state index < -0.39 is 5.76 Å². The van der Waals surface area contributed by atoms with Crippen LogP contribution in [0.5, 0.6) is 5.75 Å². The molecule has 0 fully saturated rings. The zero-order valence-corrected chi connectivity index (χ0v) is 14.1.